The molecule has 0 spiro atoms. The van der Waals surface area contributed by atoms with Gasteiger partial charge in [-0.25, -0.2) is 0 Å². The largest absolute Gasteiger partial charge is 0.466 e. The first-order valence-electron chi connectivity index (χ1n) is 8.95. The summed E-state index contributed by atoms with van der Waals surface area (Å²) in [4.78, 5) is 22.5. The molecule has 22 heavy (non-hydrogen) atoms. The van der Waals surface area contributed by atoms with Crippen LogP contribution in [0.15, 0.2) is 0 Å². The number of esters is 2. The van der Waals surface area contributed by atoms with Crippen LogP contribution in [-0.4, -0.2) is 25.2 Å². The zero-order valence-corrected chi connectivity index (χ0v) is 14.7. The van der Waals surface area contributed by atoms with E-state index in [1.165, 1.54) is 25.7 Å². The molecule has 0 rings (SSSR count). The highest BCUT2D eigenvalue weighted by Gasteiger charge is 2.10. The van der Waals surface area contributed by atoms with Gasteiger partial charge in [0, 0.05) is 12.8 Å². The summed E-state index contributed by atoms with van der Waals surface area (Å²) >= 11 is 0. The fourth-order valence-electron chi connectivity index (χ4n) is 2.57. The Kier molecular flexibility index (Phi) is 14.1. The lowest BCUT2D eigenvalue weighted by atomic mass is 9.93. The van der Waals surface area contributed by atoms with E-state index in [0.717, 1.165) is 25.7 Å². The molecule has 0 aromatic heterocycles. The fraction of sp³-hybridized carbons (Fsp3) is 0.889. The number of carbonyl (C=O) groups excluding carboxylic acids is 2. The molecule has 130 valence electrons. The molecule has 1 atom stereocenters. The summed E-state index contributed by atoms with van der Waals surface area (Å²) in [6, 6.07) is 0. The molecule has 0 aliphatic rings. The van der Waals surface area contributed by atoms with E-state index in [1.54, 1.807) is 0 Å². The second-order valence-corrected chi connectivity index (χ2v) is 5.73. The summed E-state index contributed by atoms with van der Waals surface area (Å²) in [5.41, 5.74) is 0. The minimum absolute atomic E-state index is 0.0695. The van der Waals surface area contributed by atoms with Crippen molar-refractivity contribution in [1.82, 2.24) is 0 Å². The van der Waals surface area contributed by atoms with Crippen molar-refractivity contribution < 1.29 is 19.1 Å². The molecule has 0 saturated heterocycles. The van der Waals surface area contributed by atoms with Crippen LogP contribution in [0.1, 0.15) is 85.0 Å². The van der Waals surface area contributed by atoms with E-state index < -0.39 is 0 Å². The van der Waals surface area contributed by atoms with Crippen LogP contribution >= 0.6 is 0 Å². The average Bonchev–Trinajstić information content (AvgIpc) is 2.49. The zero-order valence-electron chi connectivity index (χ0n) is 14.7. The molecular weight excluding hydrogens is 280 g/mol. The summed E-state index contributed by atoms with van der Waals surface area (Å²) in [5.74, 6) is 0.483. The maximum absolute atomic E-state index is 11.4. The SMILES string of the molecule is CCOC(=O)CCCCCCCC(CC)CCC(=O)OCC. The van der Waals surface area contributed by atoms with Gasteiger partial charge in [0.25, 0.3) is 0 Å². The zero-order chi connectivity index (χ0) is 16.6. The van der Waals surface area contributed by atoms with Gasteiger partial charge in [-0.05, 0) is 32.6 Å². The third-order valence-electron chi connectivity index (χ3n) is 3.94. The smallest absolute Gasteiger partial charge is 0.305 e. The number of hydrogen-bond donors (Lipinski definition) is 0. The van der Waals surface area contributed by atoms with Crippen molar-refractivity contribution in [2.24, 2.45) is 5.92 Å². The van der Waals surface area contributed by atoms with Crippen molar-refractivity contribution in [3.8, 4) is 0 Å². The molecule has 0 aromatic rings. The molecule has 0 radical (unpaired) electrons. The fourth-order valence-corrected chi connectivity index (χ4v) is 2.57. The summed E-state index contributed by atoms with van der Waals surface area (Å²) in [6.45, 7) is 6.82. The van der Waals surface area contributed by atoms with Crippen molar-refractivity contribution in [2.45, 2.75) is 85.0 Å². The third kappa shape index (κ3) is 12.7. The number of carbonyl (C=O) groups is 2. The molecule has 0 N–H and O–H groups in total. The summed E-state index contributed by atoms with van der Waals surface area (Å²) < 4.78 is 9.87. The van der Waals surface area contributed by atoms with Crippen LogP contribution in [0.25, 0.3) is 0 Å². The van der Waals surface area contributed by atoms with Crippen LogP contribution in [0.4, 0.5) is 0 Å². The Balaban J connectivity index is 3.50. The summed E-state index contributed by atoms with van der Waals surface area (Å²) in [6.07, 6.45) is 9.97. The Morgan fingerprint density at radius 2 is 1.27 bits per heavy atom. The molecule has 0 aromatic carbocycles. The Bertz CT molecular complexity index is 289. The second-order valence-electron chi connectivity index (χ2n) is 5.73. The molecular formula is C18H34O4. The van der Waals surface area contributed by atoms with E-state index in [4.69, 9.17) is 9.47 Å². The highest BCUT2D eigenvalue weighted by atomic mass is 16.5. The second kappa shape index (κ2) is 14.9. The maximum Gasteiger partial charge on any atom is 0.305 e. The van der Waals surface area contributed by atoms with Gasteiger partial charge in [0.15, 0.2) is 0 Å². The molecule has 0 amide bonds. The number of rotatable bonds is 14. The van der Waals surface area contributed by atoms with E-state index in [9.17, 15) is 9.59 Å². The van der Waals surface area contributed by atoms with Crippen LogP contribution in [0.5, 0.6) is 0 Å². The van der Waals surface area contributed by atoms with Crippen molar-refractivity contribution in [3.63, 3.8) is 0 Å². The Labute approximate surface area is 135 Å². The lowest BCUT2D eigenvalue weighted by Gasteiger charge is -2.14. The molecule has 1 unspecified atom stereocenters. The van der Waals surface area contributed by atoms with Crippen LogP contribution < -0.4 is 0 Å². The van der Waals surface area contributed by atoms with Crippen LogP contribution in [0.3, 0.4) is 0 Å². The van der Waals surface area contributed by atoms with Gasteiger partial charge in [0.1, 0.15) is 0 Å². The summed E-state index contributed by atoms with van der Waals surface area (Å²) in [5, 5.41) is 0. The molecule has 0 aliphatic carbocycles. The maximum atomic E-state index is 11.4. The van der Waals surface area contributed by atoms with Gasteiger partial charge in [-0.3, -0.25) is 9.59 Å². The van der Waals surface area contributed by atoms with Crippen molar-refractivity contribution in [2.75, 3.05) is 13.2 Å². The first kappa shape index (κ1) is 20.9. The van der Waals surface area contributed by atoms with Gasteiger partial charge in [-0.1, -0.05) is 45.4 Å². The summed E-state index contributed by atoms with van der Waals surface area (Å²) in [7, 11) is 0. The Hall–Kier alpha value is -1.06. The standard InChI is InChI=1S/C18H34O4/c1-4-16(14-15-18(20)22-6-3)12-10-8-7-9-11-13-17(19)21-5-2/h16H,4-15H2,1-3H3. The van der Waals surface area contributed by atoms with Crippen LogP contribution in [0, 0.1) is 5.92 Å². The number of hydrogen-bond acceptors (Lipinski definition) is 4. The molecule has 0 bridgehead atoms. The average molecular weight is 314 g/mol. The molecule has 0 heterocycles. The van der Waals surface area contributed by atoms with Gasteiger partial charge in [-0.15, -0.1) is 0 Å². The van der Waals surface area contributed by atoms with Crippen LogP contribution in [-0.2, 0) is 19.1 Å². The monoisotopic (exact) mass is 314 g/mol. The Morgan fingerprint density at radius 3 is 1.86 bits per heavy atom. The molecule has 0 fully saturated rings. The lowest BCUT2D eigenvalue weighted by Crippen LogP contribution is -2.07. The van der Waals surface area contributed by atoms with E-state index in [1.807, 2.05) is 13.8 Å². The molecule has 0 saturated carbocycles. The highest BCUT2D eigenvalue weighted by molar-refractivity contribution is 5.69. The highest BCUT2D eigenvalue weighted by Crippen LogP contribution is 2.20. The van der Waals surface area contributed by atoms with Gasteiger partial charge in [-0.2, -0.15) is 0 Å². The number of unbranched alkanes of at least 4 members (excludes halogenated alkanes) is 4. The lowest BCUT2D eigenvalue weighted by molar-refractivity contribution is -0.144. The van der Waals surface area contributed by atoms with E-state index in [0.29, 0.717) is 32.0 Å². The first-order chi connectivity index (χ1) is 10.6. The molecule has 4 heteroatoms. The first-order valence-corrected chi connectivity index (χ1v) is 8.95. The van der Waals surface area contributed by atoms with Gasteiger partial charge < -0.3 is 9.47 Å². The van der Waals surface area contributed by atoms with Crippen LogP contribution in [0.2, 0.25) is 0 Å². The van der Waals surface area contributed by atoms with E-state index >= 15 is 0 Å². The van der Waals surface area contributed by atoms with Gasteiger partial charge in [0.2, 0.25) is 0 Å². The predicted octanol–water partition coefficient (Wildman–Crippen LogP) is 4.65. The third-order valence-corrected chi connectivity index (χ3v) is 3.94. The topological polar surface area (TPSA) is 52.6 Å². The molecule has 4 nitrogen and oxygen atoms in total. The van der Waals surface area contributed by atoms with Crippen molar-refractivity contribution >= 4 is 11.9 Å². The predicted molar refractivity (Wildman–Crippen MR) is 88.6 cm³/mol. The van der Waals surface area contributed by atoms with Gasteiger partial charge in [0.05, 0.1) is 13.2 Å². The van der Waals surface area contributed by atoms with Gasteiger partial charge >= 0.3 is 11.9 Å². The van der Waals surface area contributed by atoms with E-state index in [2.05, 4.69) is 6.92 Å². The minimum Gasteiger partial charge on any atom is -0.466 e. The Morgan fingerprint density at radius 1 is 0.727 bits per heavy atom. The van der Waals surface area contributed by atoms with Crippen molar-refractivity contribution in [1.29, 1.82) is 0 Å². The molecule has 0 aliphatic heterocycles. The number of ether oxygens (including phenoxy) is 2. The quantitative estimate of drug-likeness (QED) is 0.346. The normalized spacial score (nSPS) is 12.0. The minimum atomic E-state index is -0.0764. The van der Waals surface area contributed by atoms with Crippen molar-refractivity contribution in [3.05, 3.63) is 0 Å². The van der Waals surface area contributed by atoms with E-state index in [-0.39, 0.29) is 11.9 Å².